The van der Waals surface area contributed by atoms with E-state index in [0.29, 0.717) is 32.4 Å². The maximum Gasteiger partial charge on any atom is 0.305 e. The molecule has 1 atom stereocenters. The zero-order valence-corrected chi connectivity index (χ0v) is 11.6. The lowest BCUT2D eigenvalue weighted by Crippen LogP contribution is -2.34. The lowest BCUT2D eigenvalue weighted by molar-refractivity contribution is -0.143. The summed E-state index contributed by atoms with van der Waals surface area (Å²) in [6.45, 7) is 2.89. The van der Waals surface area contributed by atoms with Crippen LogP contribution in [0.25, 0.3) is 0 Å². The third-order valence-electron chi connectivity index (χ3n) is 3.37. The number of hydrogen-bond acceptors (Lipinski definition) is 4. The minimum atomic E-state index is -0.216. The van der Waals surface area contributed by atoms with E-state index in [4.69, 9.17) is 4.74 Å². The minimum Gasteiger partial charge on any atom is -0.466 e. The second-order valence-electron chi connectivity index (χ2n) is 4.80. The van der Waals surface area contributed by atoms with Crippen molar-refractivity contribution >= 4 is 18.2 Å². The number of rotatable bonds is 9. The van der Waals surface area contributed by atoms with E-state index in [1.807, 2.05) is 0 Å². The van der Waals surface area contributed by atoms with E-state index in [2.05, 4.69) is 0 Å². The Kier molecular flexibility index (Phi) is 7.15. The van der Waals surface area contributed by atoms with E-state index in [1.54, 1.807) is 11.8 Å². The van der Waals surface area contributed by atoms with E-state index in [1.165, 1.54) is 0 Å². The molecule has 1 aliphatic heterocycles. The molecule has 108 valence electrons. The highest BCUT2D eigenvalue weighted by atomic mass is 16.5. The van der Waals surface area contributed by atoms with Crippen molar-refractivity contribution < 1.29 is 19.1 Å². The molecule has 1 rings (SSSR count). The van der Waals surface area contributed by atoms with Gasteiger partial charge in [-0.2, -0.15) is 0 Å². The topological polar surface area (TPSA) is 63.7 Å². The SMILES string of the molecule is CCOC(=O)CCCCCCN1C(=O)CC[C@@H]1C=O. The number of hydrogen-bond donors (Lipinski definition) is 0. The second-order valence-corrected chi connectivity index (χ2v) is 4.80. The highest BCUT2D eigenvalue weighted by molar-refractivity contribution is 5.83. The van der Waals surface area contributed by atoms with Crippen molar-refractivity contribution in [2.24, 2.45) is 0 Å². The van der Waals surface area contributed by atoms with Crippen LogP contribution in [-0.2, 0) is 19.1 Å². The minimum absolute atomic E-state index is 0.0867. The Hall–Kier alpha value is -1.39. The summed E-state index contributed by atoms with van der Waals surface area (Å²) in [7, 11) is 0. The van der Waals surface area contributed by atoms with Crippen LogP contribution >= 0.6 is 0 Å². The van der Waals surface area contributed by atoms with Crippen molar-refractivity contribution in [2.75, 3.05) is 13.2 Å². The molecule has 1 amide bonds. The van der Waals surface area contributed by atoms with Gasteiger partial charge in [0.1, 0.15) is 6.29 Å². The van der Waals surface area contributed by atoms with E-state index >= 15 is 0 Å². The Morgan fingerprint density at radius 1 is 1.37 bits per heavy atom. The summed E-state index contributed by atoms with van der Waals surface area (Å²) in [5.74, 6) is -0.0538. The number of likely N-dealkylation sites (tertiary alicyclic amines) is 1. The lowest BCUT2D eigenvalue weighted by atomic mass is 10.1. The van der Waals surface area contributed by atoms with Crippen LogP contribution in [0, 0.1) is 0 Å². The van der Waals surface area contributed by atoms with Crippen molar-refractivity contribution in [2.45, 2.75) is 57.9 Å². The molecule has 0 aliphatic carbocycles. The fourth-order valence-electron chi connectivity index (χ4n) is 2.33. The average molecular weight is 269 g/mol. The van der Waals surface area contributed by atoms with Gasteiger partial charge in [0.15, 0.2) is 0 Å². The number of carbonyl (C=O) groups is 3. The first-order valence-electron chi connectivity index (χ1n) is 7.09. The van der Waals surface area contributed by atoms with Gasteiger partial charge < -0.3 is 14.4 Å². The highest BCUT2D eigenvalue weighted by Gasteiger charge is 2.29. The van der Waals surface area contributed by atoms with Crippen LogP contribution in [0.15, 0.2) is 0 Å². The summed E-state index contributed by atoms with van der Waals surface area (Å²) in [5, 5.41) is 0. The van der Waals surface area contributed by atoms with E-state index in [-0.39, 0.29) is 17.9 Å². The van der Waals surface area contributed by atoms with Gasteiger partial charge >= 0.3 is 5.97 Å². The van der Waals surface area contributed by atoms with Crippen LogP contribution in [0.5, 0.6) is 0 Å². The van der Waals surface area contributed by atoms with Crippen molar-refractivity contribution in [3.63, 3.8) is 0 Å². The second kappa shape index (κ2) is 8.67. The van der Waals surface area contributed by atoms with E-state index < -0.39 is 0 Å². The Morgan fingerprint density at radius 2 is 2.11 bits per heavy atom. The molecule has 0 saturated carbocycles. The van der Waals surface area contributed by atoms with Gasteiger partial charge in [-0.1, -0.05) is 12.8 Å². The molecule has 0 unspecified atom stereocenters. The van der Waals surface area contributed by atoms with Gasteiger partial charge in [0.05, 0.1) is 12.6 Å². The third kappa shape index (κ3) is 5.41. The third-order valence-corrected chi connectivity index (χ3v) is 3.37. The van der Waals surface area contributed by atoms with Gasteiger partial charge in [0.2, 0.25) is 5.91 Å². The van der Waals surface area contributed by atoms with Gasteiger partial charge in [-0.3, -0.25) is 9.59 Å². The van der Waals surface area contributed by atoms with Gasteiger partial charge in [-0.15, -0.1) is 0 Å². The van der Waals surface area contributed by atoms with Crippen LogP contribution in [0.4, 0.5) is 0 Å². The van der Waals surface area contributed by atoms with Gasteiger partial charge in [-0.25, -0.2) is 0 Å². The van der Waals surface area contributed by atoms with E-state index in [0.717, 1.165) is 32.0 Å². The summed E-state index contributed by atoms with van der Waals surface area (Å²) in [5.41, 5.74) is 0. The van der Waals surface area contributed by atoms with Gasteiger partial charge in [0.25, 0.3) is 0 Å². The molecule has 1 saturated heterocycles. The number of nitrogens with zero attached hydrogens (tertiary/aromatic N) is 1. The van der Waals surface area contributed by atoms with Crippen LogP contribution in [0.3, 0.4) is 0 Å². The van der Waals surface area contributed by atoms with Crippen molar-refractivity contribution in [3.8, 4) is 0 Å². The fraction of sp³-hybridized carbons (Fsp3) is 0.786. The molecule has 0 N–H and O–H groups in total. The predicted molar refractivity (Wildman–Crippen MR) is 70.5 cm³/mol. The molecular formula is C14H23NO4. The first-order chi connectivity index (χ1) is 9.19. The quantitative estimate of drug-likeness (QED) is 0.363. The van der Waals surface area contributed by atoms with Crippen LogP contribution < -0.4 is 0 Å². The summed E-state index contributed by atoms with van der Waals surface area (Å²) >= 11 is 0. The van der Waals surface area contributed by atoms with E-state index in [9.17, 15) is 14.4 Å². The maximum absolute atomic E-state index is 11.5. The Balaban J connectivity index is 2.06. The van der Waals surface area contributed by atoms with Crippen LogP contribution in [0.2, 0.25) is 0 Å². The summed E-state index contributed by atoms with van der Waals surface area (Å²) in [4.78, 5) is 35.1. The van der Waals surface area contributed by atoms with Crippen molar-refractivity contribution in [1.82, 2.24) is 4.90 Å². The van der Waals surface area contributed by atoms with Gasteiger partial charge in [-0.05, 0) is 26.2 Å². The Labute approximate surface area is 114 Å². The first-order valence-corrected chi connectivity index (χ1v) is 7.09. The number of ether oxygens (including phenoxy) is 1. The molecule has 0 aromatic heterocycles. The maximum atomic E-state index is 11.5. The average Bonchev–Trinajstić information content (AvgIpc) is 2.75. The number of aldehydes is 1. The molecule has 0 bridgehead atoms. The lowest BCUT2D eigenvalue weighted by Gasteiger charge is -2.20. The predicted octanol–water partition coefficient (Wildman–Crippen LogP) is 1.69. The molecule has 0 radical (unpaired) electrons. The zero-order chi connectivity index (χ0) is 14.1. The Morgan fingerprint density at radius 3 is 2.79 bits per heavy atom. The first kappa shape index (κ1) is 15.7. The fourth-order valence-corrected chi connectivity index (χ4v) is 2.33. The summed E-state index contributed by atoms with van der Waals surface area (Å²) in [6.07, 6.45) is 6.11. The summed E-state index contributed by atoms with van der Waals surface area (Å²) in [6, 6.07) is -0.216. The van der Waals surface area contributed by atoms with Crippen LogP contribution in [0.1, 0.15) is 51.9 Å². The monoisotopic (exact) mass is 269 g/mol. The molecular weight excluding hydrogens is 246 g/mol. The zero-order valence-electron chi connectivity index (χ0n) is 11.6. The molecule has 5 nitrogen and oxygen atoms in total. The van der Waals surface area contributed by atoms with Gasteiger partial charge in [0, 0.05) is 19.4 Å². The molecule has 1 heterocycles. The molecule has 0 spiro atoms. The molecule has 1 aliphatic rings. The van der Waals surface area contributed by atoms with Crippen molar-refractivity contribution in [3.05, 3.63) is 0 Å². The standard InChI is InChI=1S/C14H23NO4/c1-2-19-14(18)7-5-3-4-6-10-15-12(11-16)8-9-13(15)17/h11-12H,2-10H2,1H3/t12-/m1/s1. The number of amides is 1. The molecule has 5 heteroatoms. The number of esters is 1. The molecule has 0 aromatic rings. The normalized spacial score (nSPS) is 18.7. The number of unbranched alkanes of at least 4 members (excludes halogenated alkanes) is 3. The molecule has 0 aromatic carbocycles. The number of carbonyl (C=O) groups excluding carboxylic acids is 3. The largest absolute Gasteiger partial charge is 0.466 e. The smallest absolute Gasteiger partial charge is 0.305 e. The molecule has 1 fully saturated rings. The van der Waals surface area contributed by atoms with Crippen molar-refractivity contribution in [1.29, 1.82) is 0 Å². The highest BCUT2D eigenvalue weighted by Crippen LogP contribution is 2.18. The summed E-state index contributed by atoms with van der Waals surface area (Å²) < 4.78 is 4.84. The Bertz CT molecular complexity index is 317. The van der Waals surface area contributed by atoms with Crippen LogP contribution in [-0.4, -0.2) is 42.3 Å². The molecule has 19 heavy (non-hydrogen) atoms.